The topological polar surface area (TPSA) is 76.9 Å². The van der Waals surface area contributed by atoms with Crippen LogP contribution in [0.2, 0.25) is 0 Å². The Balaban J connectivity index is 1.36. The molecule has 1 aromatic carbocycles. The van der Waals surface area contributed by atoms with E-state index in [-0.39, 0.29) is 10.9 Å². The third-order valence-corrected chi connectivity index (χ3v) is 6.81. The van der Waals surface area contributed by atoms with Crippen LogP contribution in [0.5, 0.6) is 0 Å². The first-order chi connectivity index (χ1) is 13.6. The fraction of sp³-hybridized carbons (Fsp3) is 0.333. The first kappa shape index (κ1) is 18.8. The van der Waals surface area contributed by atoms with Crippen LogP contribution in [0, 0.1) is 0 Å². The van der Waals surface area contributed by atoms with Gasteiger partial charge >= 0.3 is 0 Å². The van der Waals surface area contributed by atoms with E-state index in [9.17, 15) is 8.42 Å². The van der Waals surface area contributed by atoms with Gasteiger partial charge in [-0.25, -0.2) is 13.1 Å². The lowest BCUT2D eigenvalue weighted by Gasteiger charge is -2.29. The van der Waals surface area contributed by atoms with Crippen molar-refractivity contribution in [3.8, 4) is 0 Å². The number of aromatic nitrogens is 3. The first-order valence-electron chi connectivity index (χ1n) is 9.59. The number of nitrogens with one attached hydrogen (secondary N) is 1. The Kier molecular flexibility index (Phi) is 5.54. The van der Waals surface area contributed by atoms with Crippen molar-refractivity contribution in [3.05, 3.63) is 78.4 Å². The summed E-state index contributed by atoms with van der Waals surface area (Å²) in [6, 6.07) is 13.9. The van der Waals surface area contributed by atoms with Crippen molar-refractivity contribution in [1.82, 2.24) is 19.5 Å². The van der Waals surface area contributed by atoms with E-state index in [0.717, 1.165) is 31.2 Å². The summed E-state index contributed by atoms with van der Waals surface area (Å²) in [6.07, 6.45) is 10.3. The van der Waals surface area contributed by atoms with Crippen molar-refractivity contribution in [1.29, 1.82) is 0 Å². The Morgan fingerprint density at radius 3 is 2.43 bits per heavy atom. The third kappa shape index (κ3) is 4.48. The van der Waals surface area contributed by atoms with Gasteiger partial charge in [-0.05, 0) is 54.9 Å². The maximum atomic E-state index is 12.7. The van der Waals surface area contributed by atoms with Crippen molar-refractivity contribution in [2.75, 3.05) is 0 Å². The fourth-order valence-electron chi connectivity index (χ4n) is 3.81. The molecule has 1 aliphatic carbocycles. The predicted octanol–water partition coefficient (Wildman–Crippen LogP) is 3.33. The van der Waals surface area contributed by atoms with Gasteiger partial charge in [0, 0.05) is 24.6 Å². The standard InChI is InChI=1S/C21H24N4O2S/c26-28(27,21-14-23-25(16-21)15-17-4-2-1-3-5-17)24-20-8-6-18(7-9-20)19-10-12-22-13-11-19/h1-5,10-14,16,18,20,24H,6-9,15H2/t18-,20-. The van der Waals surface area contributed by atoms with Gasteiger partial charge in [0.2, 0.25) is 10.0 Å². The van der Waals surface area contributed by atoms with Crippen molar-refractivity contribution >= 4 is 10.0 Å². The van der Waals surface area contributed by atoms with E-state index in [0.29, 0.717) is 12.5 Å². The second-order valence-electron chi connectivity index (χ2n) is 7.31. The van der Waals surface area contributed by atoms with Gasteiger partial charge < -0.3 is 0 Å². The maximum Gasteiger partial charge on any atom is 0.243 e. The molecule has 2 heterocycles. The minimum atomic E-state index is -3.56. The molecule has 0 bridgehead atoms. The van der Waals surface area contributed by atoms with Crippen LogP contribution in [0.4, 0.5) is 0 Å². The van der Waals surface area contributed by atoms with E-state index in [1.54, 1.807) is 10.9 Å². The Morgan fingerprint density at radius 2 is 1.71 bits per heavy atom. The molecular formula is C21H24N4O2S. The molecule has 2 aromatic heterocycles. The molecule has 1 saturated carbocycles. The Morgan fingerprint density at radius 1 is 1.00 bits per heavy atom. The van der Waals surface area contributed by atoms with E-state index in [4.69, 9.17) is 0 Å². The molecule has 3 aromatic rings. The van der Waals surface area contributed by atoms with Crippen LogP contribution in [0.3, 0.4) is 0 Å². The molecule has 0 spiro atoms. The molecule has 28 heavy (non-hydrogen) atoms. The number of pyridine rings is 1. The molecule has 0 atom stereocenters. The van der Waals surface area contributed by atoms with E-state index < -0.39 is 10.0 Å². The van der Waals surface area contributed by atoms with Gasteiger partial charge in [-0.3, -0.25) is 9.67 Å². The van der Waals surface area contributed by atoms with Gasteiger partial charge in [-0.1, -0.05) is 30.3 Å². The van der Waals surface area contributed by atoms with Crippen LogP contribution in [-0.4, -0.2) is 29.2 Å². The van der Waals surface area contributed by atoms with E-state index >= 15 is 0 Å². The van der Waals surface area contributed by atoms with Gasteiger partial charge in [0.15, 0.2) is 0 Å². The number of sulfonamides is 1. The Hall–Kier alpha value is -2.51. The lowest BCUT2D eigenvalue weighted by Crippen LogP contribution is -2.37. The lowest BCUT2D eigenvalue weighted by atomic mass is 9.82. The summed E-state index contributed by atoms with van der Waals surface area (Å²) >= 11 is 0. The van der Waals surface area contributed by atoms with Gasteiger partial charge in [0.25, 0.3) is 0 Å². The second kappa shape index (κ2) is 8.24. The molecule has 4 rings (SSSR count). The van der Waals surface area contributed by atoms with Crippen LogP contribution in [-0.2, 0) is 16.6 Å². The lowest BCUT2D eigenvalue weighted by molar-refractivity contribution is 0.374. The predicted molar refractivity (Wildman–Crippen MR) is 107 cm³/mol. The average Bonchev–Trinajstić information content (AvgIpc) is 3.19. The zero-order valence-corrected chi connectivity index (χ0v) is 16.4. The minimum Gasteiger partial charge on any atom is -0.267 e. The quantitative estimate of drug-likeness (QED) is 0.693. The smallest absolute Gasteiger partial charge is 0.243 e. The van der Waals surface area contributed by atoms with Gasteiger partial charge in [0.05, 0.1) is 12.7 Å². The summed E-state index contributed by atoms with van der Waals surface area (Å²) < 4.78 is 30.0. The SMILES string of the molecule is O=S(=O)(N[C@H]1CC[C@H](c2ccncc2)CC1)c1cnn(Cc2ccccc2)c1. The number of nitrogens with zero attached hydrogens (tertiary/aromatic N) is 3. The molecule has 0 amide bonds. The summed E-state index contributed by atoms with van der Waals surface area (Å²) in [5.74, 6) is 0.484. The monoisotopic (exact) mass is 396 g/mol. The number of rotatable bonds is 6. The normalized spacial score (nSPS) is 20.1. The second-order valence-corrected chi connectivity index (χ2v) is 9.02. The molecule has 0 radical (unpaired) electrons. The van der Waals surface area contributed by atoms with Crippen LogP contribution >= 0.6 is 0 Å². The summed E-state index contributed by atoms with van der Waals surface area (Å²) in [4.78, 5) is 4.29. The molecule has 146 valence electrons. The van der Waals surface area contributed by atoms with E-state index in [1.165, 1.54) is 11.8 Å². The molecule has 1 aliphatic rings. The highest BCUT2D eigenvalue weighted by molar-refractivity contribution is 7.89. The molecule has 1 N–H and O–H groups in total. The van der Waals surface area contributed by atoms with Crippen molar-refractivity contribution in [3.63, 3.8) is 0 Å². The molecule has 6 nitrogen and oxygen atoms in total. The molecule has 0 unspecified atom stereocenters. The average molecular weight is 397 g/mol. The Bertz CT molecular complexity index is 995. The molecule has 1 fully saturated rings. The van der Waals surface area contributed by atoms with Crippen LogP contribution in [0.15, 0.2) is 72.1 Å². The minimum absolute atomic E-state index is 0.0273. The van der Waals surface area contributed by atoms with Crippen molar-refractivity contribution < 1.29 is 8.42 Å². The molecule has 0 aliphatic heterocycles. The zero-order chi connectivity index (χ0) is 19.4. The van der Waals surface area contributed by atoms with Gasteiger partial charge in [-0.15, -0.1) is 0 Å². The van der Waals surface area contributed by atoms with Crippen molar-refractivity contribution in [2.45, 2.75) is 49.1 Å². The van der Waals surface area contributed by atoms with Crippen molar-refractivity contribution in [2.24, 2.45) is 0 Å². The highest BCUT2D eigenvalue weighted by atomic mass is 32.2. The van der Waals surface area contributed by atoms with Crippen LogP contribution in [0.25, 0.3) is 0 Å². The summed E-state index contributed by atoms with van der Waals surface area (Å²) in [7, 11) is -3.56. The first-order valence-corrected chi connectivity index (χ1v) is 11.1. The van der Waals surface area contributed by atoms with E-state index in [1.807, 2.05) is 42.7 Å². The van der Waals surface area contributed by atoms with Crippen LogP contribution < -0.4 is 4.72 Å². The van der Waals surface area contributed by atoms with Gasteiger partial charge in [-0.2, -0.15) is 5.10 Å². The molecule has 7 heteroatoms. The molecule has 0 saturated heterocycles. The fourth-order valence-corrected chi connectivity index (χ4v) is 5.06. The summed E-state index contributed by atoms with van der Waals surface area (Å²) in [5, 5.41) is 4.21. The maximum absolute atomic E-state index is 12.7. The summed E-state index contributed by atoms with van der Waals surface area (Å²) in [6.45, 7) is 0.549. The summed E-state index contributed by atoms with van der Waals surface area (Å²) in [5.41, 5.74) is 2.37. The third-order valence-electron chi connectivity index (χ3n) is 5.33. The van der Waals surface area contributed by atoms with E-state index in [2.05, 4.69) is 26.9 Å². The molecular weight excluding hydrogens is 372 g/mol. The van der Waals surface area contributed by atoms with Gasteiger partial charge in [0.1, 0.15) is 4.90 Å². The number of hydrogen-bond acceptors (Lipinski definition) is 4. The zero-order valence-electron chi connectivity index (χ0n) is 15.6. The Labute approximate surface area is 165 Å². The number of hydrogen-bond donors (Lipinski definition) is 1. The highest BCUT2D eigenvalue weighted by Gasteiger charge is 2.27. The number of benzene rings is 1. The highest BCUT2D eigenvalue weighted by Crippen LogP contribution is 2.33. The largest absolute Gasteiger partial charge is 0.267 e. The van der Waals surface area contributed by atoms with Crippen LogP contribution in [0.1, 0.15) is 42.7 Å².